The molecule has 0 unspecified atom stereocenters. The molecular formula is C41H29N3. The van der Waals surface area contributed by atoms with E-state index in [0.717, 1.165) is 17.0 Å². The van der Waals surface area contributed by atoms with Gasteiger partial charge in [-0.1, -0.05) is 164 Å². The van der Waals surface area contributed by atoms with Gasteiger partial charge in [0, 0.05) is 17.5 Å². The molecule has 44 heavy (non-hydrogen) atoms. The van der Waals surface area contributed by atoms with Gasteiger partial charge in [0.25, 0.3) is 0 Å². The minimum absolute atomic E-state index is 0.402. The Morgan fingerprint density at radius 1 is 0.409 bits per heavy atom. The van der Waals surface area contributed by atoms with E-state index in [1.165, 1.54) is 38.9 Å². The summed E-state index contributed by atoms with van der Waals surface area (Å²) in [5.41, 5.74) is 10.4. The van der Waals surface area contributed by atoms with E-state index >= 15 is 0 Å². The van der Waals surface area contributed by atoms with Crippen molar-refractivity contribution in [3.05, 3.63) is 197 Å². The Hall–Kier alpha value is -5.67. The zero-order chi connectivity index (χ0) is 29.3. The first-order valence-electron chi connectivity index (χ1n) is 15.0. The third kappa shape index (κ3) is 4.33. The molecule has 3 nitrogen and oxygen atoms in total. The quantitative estimate of drug-likeness (QED) is 0.202. The van der Waals surface area contributed by atoms with E-state index in [4.69, 9.17) is 15.0 Å². The van der Waals surface area contributed by atoms with E-state index in [-0.39, 0.29) is 0 Å². The number of nitrogens with zero attached hydrogens (tertiary/aromatic N) is 3. The molecule has 0 amide bonds. The maximum atomic E-state index is 4.96. The second kappa shape index (κ2) is 10.9. The van der Waals surface area contributed by atoms with Crippen LogP contribution in [0.5, 0.6) is 0 Å². The van der Waals surface area contributed by atoms with Gasteiger partial charge in [-0.15, -0.1) is 0 Å². The van der Waals surface area contributed by atoms with Crippen LogP contribution in [0.2, 0.25) is 0 Å². The van der Waals surface area contributed by atoms with Gasteiger partial charge < -0.3 is 0 Å². The van der Waals surface area contributed by atoms with Crippen LogP contribution in [0, 0.1) is 0 Å². The van der Waals surface area contributed by atoms with Gasteiger partial charge in [-0.05, 0) is 38.9 Å². The van der Waals surface area contributed by atoms with Crippen LogP contribution in [0.3, 0.4) is 0 Å². The molecule has 208 valence electrons. The third-order valence-corrected chi connectivity index (χ3v) is 8.63. The zero-order valence-corrected chi connectivity index (χ0v) is 24.1. The fourth-order valence-corrected chi connectivity index (χ4v) is 6.72. The van der Waals surface area contributed by atoms with Gasteiger partial charge in [0.1, 0.15) is 5.82 Å². The van der Waals surface area contributed by atoms with Gasteiger partial charge in [-0.25, -0.2) is 15.0 Å². The molecule has 7 aromatic rings. The maximum absolute atomic E-state index is 4.96. The summed E-state index contributed by atoms with van der Waals surface area (Å²) in [6, 6.07) is 57.8. The molecule has 0 fully saturated rings. The summed E-state index contributed by atoms with van der Waals surface area (Å²) in [4.78, 5) is 14.8. The highest BCUT2D eigenvalue weighted by atomic mass is 15.0. The lowest BCUT2D eigenvalue weighted by molar-refractivity contribution is 0.768. The average molecular weight is 564 g/mol. The lowest BCUT2D eigenvalue weighted by atomic mass is 9.67. The predicted molar refractivity (Wildman–Crippen MR) is 177 cm³/mol. The molecular weight excluding hydrogens is 534 g/mol. The largest absolute Gasteiger partial charge is 0.213 e. The predicted octanol–water partition coefficient (Wildman–Crippen LogP) is 9.16. The highest BCUT2D eigenvalue weighted by Gasteiger charge is 2.45. The van der Waals surface area contributed by atoms with Crippen LogP contribution in [0.4, 0.5) is 0 Å². The molecule has 8 rings (SSSR count). The third-order valence-electron chi connectivity index (χ3n) is 8.63. The topological polar surface area (TPSA) is 38.7 Å². The zero-order valence-electron chi connectivity index (χ0n) is 24.1. The lowest BCUT2D eigenvalue weighted by Crippen LogP contribution is -2.28. The normalized spacial score (nSPS) is 12.8. The summed E-state index contributed by atoms with van der Waals surface area (Å²) >= 11 is 0. The van der Waals surface area contributed by atoms with Crippen molar-refractivity contribution >= 4 is 0 Å². The fourth-order valence-electron chi connectivity index (χ4n) is 6.72. The van der Waals surface area contributed by atoms with Crippen molar-refractivity contribution in [1.82, 2.24) is 15.0 Å². The Bertz CT molecular complexity index is 1980. The van der Waals surface area contributed by atoms with Crippen molar-refractivity contribution in [3.63, 3.8) is 0 Å². The highest BCUT2D eigenvalue weighted by Crippen LogP contribution is 2.56. The van der Waals surface area contributed by atoms with E-state index in [2.05, 4.69) is 103 Å². The Kier molecular flexibility index (Phi) is 6.42. The summed E-state index contributed by atoms with van der Waals surface area (Å²) in [6.45, 7) is 0. The molecule has 0 saturated carbocycles. The maximum Gasteiger partial charge on any atom is 0.163 e. The minimum atomic E-state index is -0.402. The minimum Gasteiger partial charge on any atom is -0.213 e. The SMILES string of the molecule is c1ccc(-c2nc(Cc3ccc4c(c3)-c3ccccc3C4(c3ccccc3)c3ccccc3)nc(-c3ccccc3)n2)cc1. The van der Waals surface area contributed by atoms with Crippen LogP contribution < -0.4 is 0 Å². The summed E-state index contributed by atoms with van der Waals surface area (Å²) in [6.07, 6.45) is 0.599. The van der Waals surface area contributed by atoms with Crippen molar-refractivity contribution in [2.24, 2.45) is 0 Å². The van der Waals surface area contributed by atoms with Crippen molar-refractivity contribution in [3.8, 4) is 33.9 Å². The van der Waals surface area contributed by atoms with Gasteiger partial charge >= 0.3 is 0 Å². The van der Waals surface area contributed by atoms with E-state index in [1.807, 2.05) is 60.7 Å². The molecule has 0 spiro atoms. The number of benzene rings is 6. The fraction of sp³-hybridized carbons (Fsp3) is 0.0488. The van der Waals surface area contributed by atoms with Gasteiger partial charge in [0.05, 0.1) is 5.41 Å². The van der Waals surface area contributed by atoms with Crippen LogP contribution in [0.1, 0.15) is 33.6 Å². The van der Waals surface area contributed by atoms with Crippen LogP contribution in [-0.4, -0.2) is 15.0 Å². The number of hydrogen-bond donors (Lipinski definition) is 0. The second-order valence-corrected chi connectivity index (χ2v) is 11.2. The van der Waals surface area contributed by atoms with Crippen LogP contribution >= 0.6 is 0 Å². The first-order valence-corrected chi connectivity index (χ1v) is 15.0. The molecule has 0 bridgehead atoms. The Labute approximate surface area is 257 Å². The standard InChI is InChI=1S/C41H29N3/c1-5-15-30(16-6-1)39-42-38(43-40(44-39)31-17-7-2-8-18-31)28-29-25-26-37-35(27-29)34-23-13-14-24-36(34)41(37,32-19-9-3-10-20-32)33-21-11-4-12-22-33/h1-27H,28H2. The van der Waals surface area contributed by atoms with E-state index in [0.29, 0.717) is 18.1 Å². The number of aromatic nitrogens is 3. The molecule has 6 aromatic carbocycles. The van der Waals surface area contributed by atoms with Crippen LogP contribution in [-0.2, 0) is 11.8 Å². The Balaban J connectivity index is 1.28. The monoisotopic (exact) mass is 563 g/mol. The molecule has 0 radical (unpaired) electrons. The first kappa shape index (κ1) is 26.0. The van der Waals surface area contributed by atoms with Gasteiger partial charge in [0.2, 0.25) is 0 Å². The molecule has 1 aliphatic carbocycles. The summed E-state index contributed by atoms with van der Waals surface area (Å²) in [5.74, 6) is 2.13. The van der Waals surface area contributed by atoms with Crippen molar-refractivity contribution in [2.45, 2.75) is 11.8 Å². The average Bonchev–Trinajstić information content (AvgIpc) is 3.40. The first-order chi connectivity index (χ1) is 21.8. The van der Waals surface area contributed by atoms with Gasteiger partial charge in [0.15, 0.2) is 11.6 Å². The van der Waals surface area contributed by atoms with Crippen LogP contribution in [0.15, 0.2) is 164 Å². The number of fused-ring (bicyclic) bond motifs is 3. The summed E-state index contributed by atoms with van der Waals surface area (Å²) in [5, 5.41) is 0. The molecule has 1 aliphatic rings. The Morgan fingerprint density at radius 2 is 0.886 bits per heavy atom. The van der Waals surface area contributed by atoms with Crippen molar-refractivity contribution < 1.29 is 0 Å². The molecule has 0 N–H and O–H groups in total. The Morgan fingerprint density at radius 3 is 1.45 bits per heavy atom. The number of rotatable bonds is 6. The molecule has 1 aromatic heterocycles. The molecule has 0 atom stereocenters. The molecule has 3 heteroatoms. The van der Waals surface area contributed by atoms with Crippen molar-refractivity contribution in [1.29, 1.82) is 0 Å². The van der Waals surface area contributed by atoms with E-state index in [9.17, 15) is 0 Å². The highest BCUT2D eigenvalue weighted by molar-refractivity contribution is 5.86. The van der Waals surface area contributed by atoms with E-state index < -0.39 is 5.41 Å². The van der Waals surface area contributed by atoms with Gasteiger partial charge in [-0.3, -0.25) is 0 Å². The second-order valence-electron chi connectivity index (χ2n) is 11.2. The molecule has 0 aliphatic heterocycles. The summed E-state index contributed by atoms with van der Waals surface area (Å²) < 4.78 is 0. The van der Waals surface area contributed by atoms with Crippen LogP contribution in [0.25, 0.3) is 33.9 Å². The lowest BCUT2D eigenvalue weighted by Gasteiger charge is -2.33. The van der Waals surface area contributed by atoms with E-state index in [1.54, 1.807) is 0 Å². The molecule has 1 heterocycles. The number of hydrogen-bond acceptors (Lipinski definition) is 3. The van der Waals surface area contributed by atoms with Crippen molar-refractivity contribution in [2.75, 3.05) is 0 Å². The van der Waals surface area contributed by atoms with Gasteiger partial charge in [-0.2, -0.15) is 0 Å². The smallest absolute Gasteiger partial charge is 0.163 e. The summed E-state index contributed by atoms with van der Waals surface area (Å²) in [7, 11) is 0. The molecule has 0 saturated heterocycles.